The molecule has 2 saturated carbocycles. The predicted molar refractivity (Wildman–Crippen MR) is 76.5 cm³/mol. The molecule has 0 aliphatic heterocycles. The molecule has 0 aromatic heterocycles. The van der Waals surface area contributed by atoms with Gasteiger partial charge in [-0.3, -0.25) is 4.79 Å². The lowest BCUT2D eigenvalue weighted by Gasteiger charge is -2.30. The Morgan fingerprint density at radius 2 is 1.70 bits per heavy atom. The maximum Gasteiger partial charge on any atom is 0.315 e. The number of rotatable bonds is 3. The van der Waals surface area contributed by atoms with Crippen LogP contribution in [0.5, 0.6) is 0 Å². The molecule has 1 unspecified atom stereocenters. The van der Waals surface area contributed by atoms with Crippen molar-refractivity contribution in [1.29, 1.82) is 0 Å². The van der Waals surface area contributed by atoms with Crippen molar-refractivity contribution < 1.29 is 14.7 Å². The first-order valence-corrected chi connectivity index (χ1v) is 7.68. The third-order valence-corrected chi connectivity index (χ3v) is 4.97. The number of carbonyl (C=O) groups excluding carboxylic acids is 1. The van der Waals surface area contributed by atoms with Crippen molar-refractivity contribution >= 4 is 12.0 Å². The summed E-state index contributed by atoms with van der Waals surface area (Å²) >= 11 is 0. The van der Waals surface area contributed by atoms with Gasteiger partial charge in [-0.1, -0.05) is 20.3 Å². The summed E-state index contributed by atoms with van der Waals surface area (Å²) in [7, 11) is 0. The summed E-state index contributed by atoms with van der Waals surface area (Å²) < 4.78 is 0. The van der Waals surface area contributed by atoms with Gasteiger partial charge >= 0.3 is 12.0 Å². The largest absolute Gasteiger partial charge is 0.481 e. The van der Waals surface area contributed by atoms with E-state index < -0.39 is 5.97 Å². The van der Waals surface area contributed by atoms with E-state index in [0.29, 0.717) is 12.8 Å². The smallest absolute Gasteiger partial charge is 0.315 e. The van der Waals surface area contributed by atoms with Crippen LogP contribution in [0.15, 0.2) is 0 Å². The fourth-order valence-corrected chi connectivity index (χ4v) is 3.46. The number of hydrogen-bond donors (Lipinski definition) is 3. The topological polar surface area (TPSA) is 78.4 Å². The van der Waals surface area contributed by atoms with Gasteiger partial charge in [0.05, 0.1) is 5.92 Å². The van der Waals surface area contributed by atoms with Crippen molar-refractivity contribution in [3.05, 3.63) is 0 Å². The Hall–Kier alpha value is -1.26. The second-order valence-corrected chi connectivity index (χ2v) is 6.94. The summed E-state index contributed by atoms with van der Waals surface area (Å²) in [5.41, 5.74) is 0.179. The molecule has 2 amide bonds. The van der Waals surface area contributed by atoms with Gasteiger partial charge < -0.3 is 15.7 Å². The number of urea groups is 1. The SMILES string of the molecule is CC1(C)CCCC1NC(=O)NC1CCC(C(=O)O)CC1. The minimum absolute atomic E-state index is 0.0937. The molecule has 0 heterocycles. The predicted octanol–water partition coefficient (Wildman–Crippen LogP) is 2.51. The normalized spacial score (nSPS) is 32.6. The van der Waals surface area contributed by atoms with E-state index >= 15 is 0 Å². The fraction of sp³-hybridized carbons (Fsp3) is 0.867. The van der Waals surface area contributed by atoms with Gasteiger partial charge in [-0.25, -0.2) is 4.79 Å². The number of carboxylic acid groups (broad SMARTS) is 1. The number of carbonyl (C=O) groups is 2. The van der Waals surface area contributed by atoms with E-state index in [2.05, 4.69) is 24.5 Å². The molecule has 0 aromatic carbocycles. The minimum atomic E-state index is -0.708. The summed E-state index contributed by atoms with van der Waals surface area (Å²) in [6.45, 7) is 4.39. The van der Waals surface area contributed by atoms with Crippen LogP contribution < -0.4 is 10.6 Å². The molecular weight excluding hydrogens is 256 g/mol. The molecule has 2 rings (SSSR count). The Kier molecular flexibility index (Phi) is 4.55. The van der Waals surface area contributed by atoms with E-state index in [-0.39, 0.29) is 29.4 Å². The Labute approximate surface area is 120 Å². The molecule has 1 atom stereocenters. The summed E-state index contributed by atoms with van der Waals surface area (Å²) in [6, 6.07) is 0.275. The number of aliphatic carboxylic acids is 1. The van der Waals surface area contributed by atoms with E-state index in [1.54, 1.807) is 0 Å². The zero-order valence-electron chi connectivity index (χ0n) is 12.4. The summed E-state index contributed by atoms with van der Waals surface area (Å²) in [6.07, 6.45) is 6.22. The monoisotopic (exact) mass is 282 g/mol. The van der Waals surface area contributed by atoms with Crippen LogP contribution in [0.4, 0.5) is 4.79 Å². The molecule has 2 aliphatic carbocycles. The molecule has 2 fully saturated rings. The van der Waals surface area contributed by atoms with Crippen LogP contribution in [0.1, 0.15) is 58.8 Å². The van der Waals surface area contributed by atoms with Crippen LogP contribution >= 0.6 is 0 Å². The zero-order valence-corrected chi connectivity index (χ0v) is 12.4. The molecule has 0 spiro atoms. The second-order valence-electron chi connectivity index (χ2n) is 6.94. The average Bonchev–Trinajstić information content (AvgIpc) is 2.69. The lowest BCUT2D eigenvalue weighted by atomic mass is 9.86. The summed E-state index contributed by atoms with van der Waals surface area (Å²) in [5, 5.41) is 15.0. The zero-order chi connectivity index (χ0) is 14.8. The van der Waals surface area contributed by atoms with Gasteiger partial charge in [-0.2, -0.15) is 0 Å². The Balaban J connectivity index is 1.74. The Morgan fingerprint density at radius 1 is 1.05 bits per heavy atom. The number of hydrogen-bond acceptors (Lipinski definition) is 2. The van der Waals surface area contributed by atoms with Gasteiger partial charge in [0.2, 0.25) is 0 Å². The van der Waals surface area contributed by atoms with Crippen molar-refractivity contribution in [2.24, 2.45) is 11.3 Å². The van der Waals surface area contributed by atoms with Gasteiger partial charge in [0.25, 0.3) is 0 Å². The first-order valence-electron chi connectivity index (χ1n) is 7.68. The number of nitrogens with one attached hydrogen (secondary N) is 2. The lowest BCUT2D eigenvalue weighted by Crippen LogP contribution is -2.50. The van der Waals surface area contributed by atoms with Crippen LogP contribution in [0.3, 0.4) is 0 Å². The molecule has 0 aromatic rings. The highest BCUT2D eigenvalue weighted by atomic mass is 16.4. The van der Waals surface area contributed by atoms with E-state index in [9.17, 15) is 9.59 Å². The molecule has 0 saturated heterocycles. The molecule has 114 valence electrons. The highest BCUT2D eigenvalue weighted by molar-refractivity contribution is 5.75. The Morgan fingerprint density at radius 3 is 2.20 bits per heavy atom. The highest BCUT2D eigenvalue weighted by Crippen LogP contribution is 2.37. The van der Waals surface area contributed by atoms with Crippen LogP contribution in [0.2, 0.25) is 0 Å². The van der Waals surface area contributed by atoms with E-state index in [0.717, 1.165) is 25.7 Å². The van der Waals surface area contributed by atoms with Gasteiger partial charge in [0, 0.05) is 12.1 Å². The van der Waals surface area contributed by atoms with Crippen molar-refractivity contribution in [1.82, 2.24) is 10.6 Å². The van der Waals surface area contributed by atoms with Gasteiger partial charge in [-0.05, 0) is 43.9 Å². The first-order chi connectivity index (χ1) is 9.38. The van der Waals surface area contributed by atoms with E-state index in [1.165, 1.54) is 6.42 Å². The molecule has 5 nitrogen and oxygen atoms in total. The number of amides is 2. The molecular formula is C15H26N2O3. The average molecular weight is 282 g/mol. The van der Waals surface area contributed by atoms with Gasteiger partial charge in [-0.15, -0.1) is 0 Å². The molecule has 5 heteroatoms. The molecule has 20 heavy (non-hydrogen) atoms. The van der Waals surface area contributed by atoms with Crippen LogP contribution in [-0.4, -0.2) is 29.2 Å². The first kappa shape index (κ1) is 15.1. The van der Waals surface area contributed by atoms with Crippen LogP contribution in [0.25, 0.3) is 0 Å². The molecule has 3 N–H and O–H groups in total. The van der Waals surface area contributed by atoms with Gasteiger partial charge in [0.1, 0.15) is 0 Å². The van der Waals surface area contributed by atoms with Crippen molar-refractivity contribution in [3.63, 3.8) is 0 Å². The van der Waals surface area contributed by atoms with Crippen molar-refractivity contribution in [2.45, 2.75) is 70.9 Å². The third-order valence-electron chi connectivity index (χ3n) is 4.97. The van der Waals surface area contributed by atoms with Crippen molar-refractivity contribution in [3.8, 4) is 0 Å². The van der Waals surface area contributed by atoms with Gasteiger partial charge in [0.15, 0.2) is 0 Å². The van der Waals surface area contributed by atoms with Crippen molar-refractivity contribution in [2.75, 3.05) is 0 Å². The third kappa shape index (κ3) is 3.64. The maximum atomic E-state index is 12.0. The lowest BCUT2D eigenvalue weighted by molar-refractivity contribution is -0.142. The highest BCUT2D eigenvalue weighted by Gasteiger charge is 2.35. The van der Waals surface area contributed by atoms with Crippen LogP contribution in [0, 0.1) is 11.3 Å². The fourth-order valence-electron chi connectivity index (χ4n) is 3.46. The second kappa shape index (κ2) is 6.02. The van der Waals surface area contributed by atoms with E-state index in [1.807, 2.05) is 0 Å². The van der Waals surface area contributed by atoms with E-state index in [4.69, 9.17) is 5.11 Å². The Bertz CT molecular complexity index is 373. The summed E-state index contributed by atoms with van der Waals surface area (Å²) in [4.78, 5) is 22.9. The minimum Gasteiger partial charge on any atom is -0.481 e. The molecule has 0 bridgehead atoms. The number of carboxylic acids is 1. The quantitative estimate of drug-likeness (QED) is 0.744. The standard InChI is InChI=1S/C15H26N2O3/c1-15(2)9-3-4-12(15)17-14(20)16-11-7-5-10(6-8-11)13(18)19/h10-12H,3-9H2,1-2H3,(H,18,19)(H2,16,17,20). The summed E-state index contributed by atoms with van der Waals surface area (Å²) in [5.74, 6) is -0.939. The molecule has 2 aliphatic rings. The molecule has 0 radical (unpaired) electrons. The van der Waals surface area contributed by atoms with Crippen LogP contribution in [-0.2, 0) is 4.79 Å². The maximum absolute atomic E-state index is 12.0.